The third-order valence-electron chi connectivity index (χ3n) is 3.40. The van der Waals surface area contributed by atoms with Crippen LogP contribution in [0.5, 0.6) is 0 Å². The van der Waals surface area contributed by atoms with E-state index in [0.29, 0.717) is 0 Å². The van der Waals surface area contributed by atoms with Gasteiger partial charge in [0, 0.05) is 17.6 Å². The molecule has 0 spiro atoms. The summed E-state index contributed by atoms with van der Waals surface area (Å²) in [5.41, 5.74) is 7.22. The Hall–Kier alpha value is -1.29. The summed E-state index contributed by atoms with van der Waals surface area (Å²) in [7, 11) is 2.04. The van der Waals surface area contributed by atoms with Gasteiger partial charge in [-0.25, -0.2) is 0 Å². The number of nitrogens with two attached hydrogens (primary N) is 1. The van der Waals surface area contributed by atoms with Crippen molar-refractivity contribution in [1.29, 1.82) is 0 Å². The van der Waals surface area contributed by atoms with Crippen molar-refractivity contribution >= 4 is 11.6 Å². The molecule has 1 aromatic carbocycles. The summed E-state index contributed by atoms with van der Waals surface area (Å²) in [5, 5.41) is 0.776. The first-order valence-corrected chi connectivity index (χ1v) is 7.12. The zero-order valence-electron chi connectivity index (χ0n) is 12.1. The van der Waals surface area contributed by atoms with Crippen LogP contribution in [-0.2, 0) is 6.54 Å². The zero-order valence-corrected chi connectivity index (χ0v) is 12.9. The monoisotopic (exact) mass is 292 g/mol. The second-order valence-electron chi connectivity index (χ2n) is 5.26. The molecule has 0 bridgehead atoms. The molecule has 1 aromatic heterocycles. The lowest BCUT2D eigenvalue weighted by Crippen LogP contribution is -2.36. The second kappa shape index (κ2) is 6.44. The largest absolute Gasteiger partial charge is 0.465 e. The van der Waals surface area contributed by atoms with Gasteiger partial charge in [0.05, 0.1) is 6.04 Å². The summed E-state index contributed by atoms with van der Waals surface area (Å²) < 4.78 is 5.74. The first-order chi connectivity index (χ1) is 9.49. The Morgan fingerprint density at radius 1 is 1.25 bits per heavy atom. The lowest BCUT2D eigenvalue weighted by molar-refractivity contribution is 0.182. The van der Waals surface area contributed by atoms with Crippen molar-refractivity contribution in [3.63, 3.8) is 0 Å². The van der Waals surface area contributed by atoms with E-state index < -0.39 is 0 Å². The molecule has 2 unspecified atom stereocenters. The number of furan rings is 1. The van der Waals surface area contributed by atoms with E-state index in [1.807, 2.05) is 57.3 Å². The molecule has 108 valence electrons. The smallest absolute Gasteiger partial charge is 0.122 e. The maximum absolute atomic E-state index is 6.22. The number of hydrogen-bond acceptors (Lipinski definition) is 3. The molecule has 2 aromatic rings. The molecule has 0 saturated heterocycles. The van der Waals surface area contributed by atoms with Gasteiger partial charge in [-0.1, -0.05) is 29.8 Å². The number of benzene rings is 1. The Morgan fingerprint density at radius 3 is 2.50 bits per heavy atom. The highest BCUT2D eigenvalue weighted by Crippen LogP contribution is 2.27. The molecule has 0 amide bonds. The van der Waals surface area contributed by atoms with Crippen molar-refractivity contribution in [2.75, 3.05) is 7.05 Å². The van der Waals surface area contributed by atoms with Crippen LogP contribution in [0, 0.1) is 6.92 Å². The molecule has 0 aliphatic heterocycles. The highest BCUT2D eigenvalue weighted by atomic mass is 35.5. The minimum atomic E-state index is -0.0342. The number of aryl methyl sites for hydroxylation is 1. The number of likely N-dealkylation sites (N-methyl/N-ethyl adjacent to an activating group) is 1. The Balaban J connectivity index is 2.20. The summed E-state index contributed by atoms with van der Waals surface area (Å²) in [6.07, 6.45) is 0. The fourth-order valence-electron chi connectivity index (χ4n) is 2.48. The Bertz CT molecular complexity index is 565. The second-order valence-corrected chi connectivity index (χ2v) is 5.67. The van der Waals surface area contributed by atoms with Gasteiger partial charge in [-0.3, -0.25) is 4.90 Å². The lowest BCUT2D eigenvalue weighted by atomic mass is 10.1. The van der Waals surface area contributed by atoms with Gasteiger partial charge < -0.3 is 10.2 Å². The van der Waals surface area contributed by atoms with E-state index in [9.17, 15) is 0 Å². The van der Waals surface area contributed by atoms with Crippen molar-refractivity contribution in [2.24, 2.45) is 5.73 Å². The van der Waals surface area contributed by atoms with Crippen LogP contribution in [0.15, 0.2) is 40.8 Å². The Labute approximate surface area is 125 Å². The van der Waals surface area contributed by atoms with Crippen LogP contribution in [0.25, 0.3) is 0 Å². The molecule has 0 fully saturated rings. The summed E-state index contributed by atoms with van der Waals surface area (Å²) in [6.45, 7) is 4.66. The van der Waals surface area contributed by atoms with Crippen molar-refractivity contribution in [2.45, 2.75) is 32.5 Å². The van der Waals surface area contributed by atoms with E-state index in [1.54, 1.807) is 0 Å². The SMILES string of the molecule is Cc1ccc(C(C(C)N)N(C)Cc2ccccc2Cl)o1. The van der Waals surface area contributed by atoms with Gasteiger partial charge in [-0.2, -0.15) is 0 Å². The third kappa shape index (κ3) is 3.42. The minimum absolute atomic E-state index is 0.0278. The predicted octanol–water partition coefficient (Wildman–Crippen LogP) is 3.76. The minimum Gasteiger partial charge on any atom is -0.465 e. The Kier molecular flexibility index (Phi) is 4.86. The number of nitrogens with zero attached hydrogens (tertiary/aromatic N) is 1. The molecule has 1 heterocycles. The van der Waals surface area contributed by atoms with Crippen molar-refractivity contribution < 1.29 is 4.42 Å². The fraction of sp³-hybridized carbons (Fsp3) is 0.375. The van der Waals surface area contributed by atoms with Gasteiger partial charge >= 0.3 is 0 Å². The van der Waals surface area contributed by atoms with Crippen LogP contribution < -0.4 is 5.73 Å². The third-order valence-corrected chi connectivity index (χ3v) is 3.77. The van der Waals surface area contributed by atoms with Gasteiger partial charge in [-0.15, -0.1) is 0 Å². The van der Waals surface area contributed by atoms with E-state index in [2.05, 4.69) is 4.90 Å². The molecule has 0 aliphatic carbocycles. The normalized spacial score (nSPS) is 14.5. The van der Waals surface area contributed by atoms with Crippen LogP contribution in [0.4, 0.5) is 0 Å². The molecule has 20 heavy (non-hydrogen) atoms. The molecule has 2 atom stereocenters. The molecule has 2 rings (SSSR count). The molecular formula is C16H21ClN2O. The van der Waals surface area contributed by atoms with Crippen LogP contribution in [0.2, 0.25) is 5.02 Å². The first-order valence-electron chi connectivity index (χ1n) is 6.74. The van der Waals surface area contributed by atoms with E-state index in [-0.39, 0.29) is 12.1 Å². The van der Waals surface area contributed by atoms with Gasteiger partial charge in [0.1, 0.15) is 11.5 Å². The van der Waals surface area contributed by atoms with E-state index in [1.165, 1.54) is 0 Å². The Morgan fingerprint density at radius 2 is 1.95 bits per heavy atom. The average Bonchev–Trinajstić information content (AvgIpc) is 2.78. The summed E-state index contributed by atoms with van der Waals surface area (Å²) in [4.78, 5) is 2.17. The van der Waals surface area contributed by atoms with E-state index >= 15 is 0 Å². The molecule has 4 heteroatoms. The molecule has 0 radical (unpaired) electrons. The van der Waals surface area contributed by atoms with Crippen molar-refractivity contribution in [3.05, 3.63) is 58.5 Å². The molecule has 2 N–H and O–H groups in total. The van der Waals surface area contributed by atoms with Crippen molar-refractivity contribution in [1.82, 2.24) is 4.90 Å². The number of halogens is 1. The molecule has 0 aliphatic rings. The van der Waals surface area contributed by atoms with Crippen LogP contribution in [0.1, 0.15) is 30.0 Å². The van der Waals surface area contributed by atoms with E-state index in [0.717, 1.165) is 28.7 Å². The number of hydrogen-bond donors (Lipinski definition) is 1. The zero-order chi connectivity index (χ0) is 14.7. The highest BCUT2D eigenvalue weighted by Gasteiger charge is 2.24. The molecular weight excluding hydrogens is 272 g/mol. The maximum atomic E-state index is 6.22. The van der Waals surface area contributed by atoms with Crippen LogP contribution in [0.3, 0.4) is 0 Å². The van der Waals surface area contributed by atoms with Gasteiger partial charge in [0.25, 0.3) is 0 Å². The van der Waals surface area contributed by atoms with Crippen molar-refractivity contribution in [3.8, 4) is 0 Å². The summed E-state index contributed by atoms with van der Waals surface area (Å²) >= 11 is 6.22. The first kappa shape index (κ1) is 15.1. The lowest BCUT2D eigenvalue weighted by Gasteiger charge is -2.29. The molecule has 0 saturated carbocycles. The highest BCUT2D eigenvalue weighted by molar-refractivity contribution is 6.31. The van der Waals surface area contributed by atoms with Crippen LogP contribution >= 0.6 is 11.6 Å². The van der Waals surface area contributed by atoms with Gasteiger partial charge in [0.15, 0.2) is 0 Å². The average molecular weight is 293 g/mol. The van der Waals surface area contributed by atoms with Gasteiger partial charge in [0.2, 0.25) is 0 Å². The number of rotatable bonds is 5. The predicted molar refractivity (Wildman–Crippen MR) is 82.8 cm³/mol. The summed E-state index contributed by atoms with van der Waals surface area (Å²) in [6, 6.07) is 11.8. The quantitative estimate of drug-likeness (QED) is 0.912. The van der Waals surface area contributed by atoms with Crippen LogP contribution in [-0.4, -0.2) is 18.0 Å². The summed E-state index contributed by atoms with van der Waals surface area (Å²) in [5.74, 6) is 1.80. The maximum Gasteiger partial charge on any atom is 0.122 e. The van der Waals surface area contributed by atoms with E-state index in [4.69, 9.17) is 21.8 Å². The fourth-order valence-corrected chi connectivity index (χ4v) is 2.68. The topological polar surface area (TPSA) is 42.4 Å². The molecule has 3 nitrogen and oxygen atoms in total. The van der Waals surface area contributed by atoms with Gasteiger partial charge in [-0.05, 0) is 44.7 Å². The standard InChI is InChI=1S/C16H21ClN2O/c1-11-8-9-15(20-11)16(12(2)18)19(3)10-13-6-4-5-7-14(13)17/h4-9,12,16H,10,18H2,1-3H3.